The van der Waals surface area contributed by atoms with E-state index in [1.807, 2.05) is 0 Å². The molecule has 0 saturated heterocycles. The molecule has 0 rings (SSSR count). The molecule has 98 valence electrons. The van der Waals surface area contributed by atoms with Crippen LogP contribution in [-0.2, 0) is 4.74 Å². The highest BCUT2D eigenvalue weighted by Gasteiger charge is 2.05. The first-order chi connectivity index (χ1) is 7.60. The molecule has 0 spiro atoms. The summed E-state index contributed by atoms with van der Waals surface area (Å²) in [6.45, 7) is 13.3. The topological polar surface area (TPSA) is 9.23 Å². The predicted octanol–water partition coefficient (Wildman–Crippen LogP) is 4.90. The van der Waals surface area contributed by atoms with Crippen molar-refractivity contribution in [1.82, 2.24) is 0 Å². The van der Waals surface area contributed by atoms with Crippen molar-refractivity contribution in [3.05, 3.63) is 0 Å². The Morgan fingerprint density at radius 2 is 1.25 bits per heavy atom. The molecule has 0 aromatic carbocycles. The molecule has 3 unspecified atom stereocenters. The lowest BCUT2D eigenvalue weighted by molar-refractivity contribution is 0.0758. The molecule has 16 heavy (non-hydrogen) atoms. The largest absolute Gasteiger partial charge is 0.381 e. The highest BCUT2D eigenvalue weighted by Crippen LogP contribution is 2.15. The molecule has 0 fully saturated rings. The van der Waals surface area contributed by atoms with Crippen LogP contribution >= 0.6 is 0 Å². The second-order valence-corrected chi connectivity index (χ2v) is 5.60. The Bertz CT molecular complexity index is 128. The van der Waals surface area contributed by atoms with Gasteiger partial charge < -0.3 is 4.74 Å². The van der Waals surface area contributed by atoms with Gasteiger partial charge in [-0.05, 0) is 24.2 Å². The lowest BCUT2D eigenvalue weighted by Gasteiger charge is -2.15. The molecular formula is C15H32O. The summed E-state index contributed by atoms with van der Waals surface area (Å²) in [6, 6.07) is 0. The van der Waals surface area contributed by atoms with Crippen molar-refractivity contribution >= 4 is 0 Å². The quantitative estimate of drug-likeness (QED) is 0.516. The van der Waals surface area contributed by atoms with Gasteiger partial charge in [0, 0.05) is 13.2 Å². The zero-order valence-electron chi connectivity index (χ0n) is 12.1. The third kappa shape index (κ3) is 9.21. The smallest absolute Gasteiger partial charge is 0.0491 e. The maximum atomic E-state index is 5.73. The third-order valence-corrected chi connectivity index (χ3v) is 3.59. The lowest BCUT2D eigenvalue weighted by Crippen LogP contribution is -2.11. The van der Waals surface area contributed by atoms with E-state index in [-0.39, 0.29) is 0 Å². The number of hydrogen-bond donors (Lipinski definition) is 0. The molecule has 0 aliphatic carbocycles. The Kier molecular flexibility index (Phi) is 10.1. The van der Waals surface area contributed by atoms with E-state index in [0.29, 0.717) is 5.92 Å². The molecule has 0 saturated carbocycles. The first-order valence-corrected chi connectivity index (χ1v) is 7.17. The van der Waals surface area contributed by atoms with E-state index in [1.54, 1.807) is 0 Å². The minimum atomic E-state index is 0.715. The second kappa shape index (κ2) is 10.1. The number of rotatable bonds is 10. The fourth-order valence-electron chi connectivity index (χ4n) is 1.69. The molecule has 0 radical (unpaired) electrons. The summed E-state index contributed by atoms with van der Waals surface area (Å²) >= 11 is 0. The second-order valence-electron chi connectivity index (χ2n) is 5.60. The van der Waals surface area contributed by atoms with Crippen molar-refractivity contribution in [2.75, 3.05) is 13.2 Å². The summed E-state index contributed by atoms with van der Waals surface area (Å²) in [4.78, 5) is 0. The van der Waals surface area contributed by atoms with Crippen LogP contribution in [-0.4, -0.2) is 13.2 Å². The van der Waals surface area contributed by atoms with Crippen molar-refractivity contribution in [3.63, 3.8) is 0 Å². The first kappa shape index (κ1) is 16.0. The molecule has 0 aliphatic heterocycles. The van der Waals surface area contributed by atoms with Gasteiger partial charge in [0.05, 0.1) is 0 Å². The molecular weight excluding hydrogens is 196 g/mol. The summed E-state index contributed by atoms with van der Waals surface area (Å²) in [5.41, 5.74) is 0. The Hall–Kier alpha value is -0.0400. The first-order valence-electron chi connectivity index (χ1n) is 7.17. The highest BCUT2D eigenvalue weighted by molar-refractivity contribution is 4.56. The molecule has 1 nitrogen and oxygen atoms in total. The van der Waals surface area contributed by atoms with E-state index in [4.69, 9.17) is 4.74 Å². The van der Waals surface area contributed by atoms with Gasteiger partial charge in [0.1, 0.15) is 0 Å². The van der Waals surface area contributed by atoms with Gasteiger partial charge in [-0.25, -0.2) is 0 Å². The Labute approximate surface area is 103 Å². The van der Waals surface area contributed by atoms with Crippen LogP contribution in [0.5, 0.6) is 0 Å². The van der Waals surface area contributed by atoms with Gasteiger partial charge in [-0.3, -0.25) is 0 Å². The van der Waals surface area contributed by atoms with Crippen LogP contribution in [0.3, 0.4) is 0 Å². The molecule has 3 atom stereocenters. The zero-order valence-corrected chi connectivity index (χ0v) is 12.1. The Morgan fingerprint density at radius 1 is 0.750 bits per heavy atom. The summed E-state index contributed by atoms with van der Waals surface area (Å²) in [5, 5.41) is 0. The fraction of sp³-hybridized carbons (Fsp3) is 1.00. The van der Waals surface area contributed by atoms with E-state index in [1.165, 1.54) is 32.1 Å². The average molecular weight is 228 g/mol. The van der Waals surface area contributed by atoms with Gasteiger partial charge >= 0.3 is 0 Å². The van der Waals surface area contributed by atoms with Crippen LogP contribution in [0.15, 0.2) is 0 Å². The van der Waals surface area contributed by atoms with Gasteiger partial charge in [0.15, 0.2) is 0 Å². The maximum Gasteiger partial charge on any atom is 0.0491 e. The molecule has 0 aromatic heterocycles. The summed E-state index contributed by atoms with van der Waals surface area (Å²) < 4.78 is 5.73. The van der Waals surface area contributed by atoms with Crippen LogP contribution < -0.4 is 0 Å². The number of hydrogen-bond acceptors (Lipinski definition) is 1. The van der Waals surface area contributed by atoms with Crippen LogP contribution in [0.25, 0.3) is 0 Å². The van der Waals surface area contributed by atoms with Crippen molar-refractivity contribution in [3.8, 4) is 0 Å². The molecule has 1 heteroatoms. The molecule has 0 heterocycles. The standard InChI is InChI=1S/C15H32O/c1-6-13(3)9-8-10-15(5)12-16-11-14(4)7-2/h13-15H,6-12H2,1-5H3. The van der Waals surface area contributed by atoms with Crippen molar-refractivity contribution in [2.45, 2.75) is 66.7 Å². The monoisotopic (exact) mass is 228 g/mol. The van der Waals surface area contributed by atoms with Gasteiger partial charge in [-0.2, -0.15) is 0 Å². The summed E-state index contributed by atoms with van der Waals surface area (Å²) in [7, 11) is 0. The van der Waals surface area contributed by atoms with Crippen LogP contribution in [0.4, 0.5) is 0 Å². The van der Waals surface area contributed by atoms with Gasteiger partial charge in [-0.15, -0.1) is 0 Å². The molecule has 0 bridgehead atoms. The predicted molar refractivity (Wildman–Crippen MR) is 72.7 cm³/mol. The average Bonchev–Trinajstić information content (AvgIpc) is 2.28. The lowest BCUT2D eigenvalue weighted by atomic mass is 9.97. The van der Waals surface area contributed by atoms with Crippen LogP contribution in [0.2, 0.25) is 0 Å². The fourth-order valence-corrected chi connectivity index (χ4v) is 1.69. The van der Waals surface area contributed by atoms with Gasteiger partial charge in [0.2, 0.25) is 0 Å². The maximum absolute atomic E-state index is 5.73. The SMILES string of the molecule is CCC(C)CCCC(C)COCC(C)CC. The summed E-state index contributed by atoms with van der Waals surface area (Å²) in [5.74, 6) is 2.34. The zero-order chi connectivity index (χ0) is 12.4. The van der Waals surface area contributed by atoms with Crippen LogP contribution in [0, 0.1) is 17.8 Å². The van der Waals surface area contributed by atoms with Crippen molar-refractivity contribution < 1.29 is 4.74 Å². The van der Waals surface area contributed by atoms with Crippen molar-refractivity contribution in [1.29, 1.82) is 0 Å². The van der Waals surface area contributed by atoms with E-state index < -0.39 is 0 Å². The highest BCUT2D eigenvalue weighted by atomic mass is 16.5. The van der Waals surface area contributed by atoms with E-state index in [0.717, 1.165) is 25.0 Å². The van der Waals surface area contributed by atoms with E-state index >= 15 is 0 Å². The summed E-state index contributed by atoms with van der Waals surface area (Å²) in [6.07, 6.45) is 6.61. The molecule has 0 aromatic rings. The molecule has 0 amide bonds. The third-order valence-electron chi connectivity index (χ3n) is 3.59. The van der Waals surface area contributed by atoms with E-state index in [9.17, 15) is 0 Å². The molecule has 0 N–H and O–H groups in total. The van der Waals surface area contributed by atoms with Gasteiger partial charge in [-0.1, -0.05) is 60.3 Å². The van der Waals surface area contributed by atoms with E-state index in [2.05, 4.69) is 34.6 Å². The Balaban J connectivity index is 3.34. The molecule has 0 aliphatic rings. The van der Waals surface area contributed by atoms with Crippen LogP contribution in [0.1, 0.15) is 66.7 Å². The van der Waals surface area contributed by atoms with Gasteiger partial charge in [0.25, 0.3) is 0 Å². The Morgan fingerprint density at radius 3 is 1.81 bits per heavy atom. The normalized spacial score (nSPS) is 17.1. The van der Waals surface area contributed by atoms with Crippen molar-refractivity contribution in [2.24, 2.45) is 17.8 Å². The number of ether oxygens (including phenoxy) is 1. The minimum Gasteiger partial charge on any atom is -0.381 e. The minimum absolute atomic E-state index is 0.715.